The van der Waals surface area contributed by atoms with Crippen molar-refractivity contribution in [2.24, 2.45) is 0 Å². The van der Waals surface area contributed by atoms with Crippen molar-refractivity contribution in [1.29, 1.82) is 0 Å². The Labute approximate surface area is 100 Å². The molecule has 0 radical (unpaired) electrons. The van der Waals surface area contributed by atoms with Crippen LogP contribution in [-0.4, -0.2) is 63.0 Å². The van der Waals surface area contributed by atoms with Gasteiger partial charge in [-0.05, 0) is 6.92 Å². The molecule has 100 valence electrons. The van der Waals surface area contributed by atoms with E-state index < -0.39 is 28.1 Å². The molecule has 17 heavy (non-hydrogen) atoms. The molecule has 0 bridgehead atoms. The smallest absolute Gasteiger partial charge is 0.407 e. The van der Waals surface area contributed by atoms with Gasteiger partial charge in [0.15, 0.2) is 9.84 Å². The third kappa shape index (κ3) is 4.88. The molecule has 1 fully saturated rings. The van der Waals surface area contributed by atoms with Gasteiger partial charge in [-0.25, -0.2) is 13.2 Å². The minimum atomic E-state index is -3.13. The minimum Gasteiger partial charge on any atom is -0.450 e. The van der Waals surface area contributed by atoms with E-state index in [2.05, 4.69) is 15.4 Å². The van der Waals surface area contributed by atoms with Gasteiger partial charge in [-0.3, -0.25) is 0 Å². The van der Waals surface area contributed by atoms with Gasteiger partial charge in [0.05, 0.1) is 24.2 Å². The van der Waals surface area contributed by atoms with Gasteiger partial charge >= 0.3 is 6.09 Å². The van der Waals surface area contributed by atoms with E-state index in [4.69, 9.17) is 0 Å². The molecule has 1 heterocycles. The maximum atomic E-state index is 11.2. The van der Waals surface area contributed by atoms with Crippen LogP contribution < -0.4 is 10.6 Å². The summed E-state index contributed by atoms with van der Waals surface area (Å²) in [6.45, 7) is 2.72. The summed E-state index contributed by atoms with van der Waals surface area (Å²) in [6.07, 6.45) is -1.38. The molecule has 1 amide bonds. The van der Waals surface area contributed by atoms with E-state index in [0.29, 0.717) is 19.7 Å². The van der Waals surface area contributed by atoms with Crippen LogP contribution in [0.4, 0.5) is 4.79 Å². The number of amides is 1. The molecule has 3 N–H and O–H groups in total. The lowest BCUT2D eigenvalue weighted by Gasteiger charge is -2.14. The number of hydrogen-bond acceptors (Lipinski definition) is 6. The third-order valence-electron chi connectivity index (χ3n) is 2.40. The molecule has 0 spiro atoms. The van der Waals surface area contributed by atoms with Crippen molar-refractivity contribution in [3.8, 4) is 0 Å². The summed E-state index contributed by atoms with van der Waals surface area (Å²) in [4.78, 5) is 10.9. The number of aliphatic hydroxyl groups excluding tert-OH is 1. The average molecular weight is 266 g/mol. The minimum absolute atomic E-state index is 0.0619. The monoisotopic (exact) mass is 266 g/mol. The summed E-state index contributed by atoms with van der Waals surface area (Å²) in [5, 5.41) is 14.8. The van der Waals surface area contributed by atoms with Crippen LogP contribution in [0, 0.1) is 0 Å². The summed E-state index contributed by atoms with van der Waals surface area (Å²) in [5.74, 6) is -0.260. The van der Waals surface area contributed by atoms with E-state index >= 15 is 0 Å². The predicted octanol–water partition coefficient (Wildman–Crippen LogP) is -1.52. The Kier molecular flexibility index (Phi) is 5.16. The Morgan fingerprint density at radius 1 is 1.41 bits per heavy atom. The zero-order valence-corrected chi connectivity index (χ0v) is 10.5. The molecule has 0 aliphatic carbocycles. The first-order valence-corrected chi connectivity index (χ1v) is 7.29. The van der Waals surface area contributed by atoms with Gasteiger partial charge in [-0.15, -0.1) is 0 Å². The number of ether oxygens (including phenoxy) is 1. The number of sulfone groups is 1. The fourth-order valence-corrected chi connectivity index (χ4v) is 3.40. The maximum absolute atomic E-state index is 11.2. The highest BCUT2D eigenvalue weighted by atomic mass is 32.2. The molecular formula is C9H18N2O5S. The Balaban J connectivity index is 2.17. The molecule has 2 unspecified atom stereocenters. The molecule has 0 aromatic carbocycles. The van der Waals surface area contributed by atoms with Crippen LogP contribution in [0.5, 0.6) is 0 Å². The van der Waals surface area contributed by atoms with Crippen molar-refractivity contribution >= 4 is 15.9 Å². The van der Waals surface area contributed by atoms with E-state index in [9.17, 15) is 18.3 Å². The molecule has 2 atom stereocenters. The third-order valence-corrected chi connectivity index (χ3v) is 4.12. The van der Waals surface area contributed by atoms with Crippen LogP contribution in [0.3, 0.4) is 0 Å². The van der Waals surface area contributed by atoms with Crippen molar-refractivity contribution in [2.75, 3.05) is 31.2 Å². The normalized spacial score (nSPS) is 26.7. The summed E-state index contributed by atoms with van der Waals surface area (Å²) in [7, 11) is -3.13. The maximum Gasteiger partial charge on any atom is 0.407 e. The van der Waals surface area contributed by atoms with Gasteiger partial charge in [0, 0.05) is 19.1 Å². The SMILES string of the molecule is CCOC(=O)NCCNC1CS(=O)(=O)CC1O. The van der Waals surface area contributed by atoms with Crippen LogP contribution in [0.25, 0.3) is 0 Å². The molecule has 0 aromatic rings. The lowest BCUT2D eigenvalue weighted by Crippen LogP contribution is -2.42. The standard InChI is InChI=1S/C9H18N2O5S/c1-2-16-9(13)11-4-3-10-7-5-17(14,15)6-8(7)12/h7-8,10,12H,2-6H2,1H3,(H,11,13). The Morgan fingerprint density at radius 2 is 2.12 bits per heavy atom. The topological polar surface area (TPSA) is 105 Å². The first-order valence-electron chi connectivity index (χ1n) is 5.47. The molecular weight excluding hydrogens is 248 g/mol. The molecule has 1 rings (SSSR count). The van der Waals surface area contributed by atoms with E-state index in [-0.39, 0.29) is 11.5 Å². The van der Waals surface area contributed by atoms with Gasteiger partial charge in [0.25, 0.3) is 0 Å². The zero-order chi connectivity index (χ0) is 12.9. The average Bonchev–Trinajstić information content (AvgIpc) is 2.47. The molecule has 8 heteroatoms. The summed E-state index contributed by atoms with van der Waals surface area (Å²) >= 11 is 0. The molecule has 0 aromatic heterocycles. The van der Waals surface area contributed by atoms with E-state index in [0.717, 1.165) is 0 Å². The van der Waals surface area contributed by atoms with Crippen molar-refractivity contribution in [2.45, 2.75) is 19.1 Å². The van der Waals surface area contributed by atoms with Crippen molar-refractivity contribution in [3.05, 3.63) is 0 Å². The number of carbonyl (C=O) groups is 1. The number of nitrogens with one attached hydrogen (secondary N) is 2. The number of carbonyl (C=O) groups excluding carboxylic acids is 1. The van der Waals surface area contributed by atoms with Crippen LogP contribution in [0.1, 0.15) is 6.92 Å². The van der Waals surface area contributed by atoms with Gasteiger partial charge in [-0.1, -0.05) is 0 Å². The first-order chi connectivity index (χ1) is 7.94. The van der Waals surface area contributed by atoms with Gasteiger partial charge < -0.3 is 20.5 Å². The summed E-state index contributed by atoms with van der Waals surface area (Å²) in [5.41, 5.74) is 0. The molecule has 7 nitrogen and oxygen atoms in total. The second kappa shape index (κ2) is 6.18. The van der Waals surface area contributed by atoms with Crippen molar-refractivity contribution < 1.29 is 23.1 Å². The summed E-state index contributed by atoms with van der Waals surface area (Å²) in [6, 6.07) is -0.455. The van der Waals surface area contributed by atoms with Crippen molar-refractivity contribution in [1.82, 2.24) is 10.6 Å². The van der Waals surface area contributed by atoms with Crippen LogP contribution in [0.2, 0.25) is 0 Å². The highest BCUT2D eigenvalue weighted by Gasteiger charge is 2.35. The second-order valence-electron chi connectivity index (χ2n) is 3.85. The van der Waals surface area contributed by atoms with Gasteiger partial charge in [-0.2, -0.15) is 0 Å². The fraction of sp³-hybridized carbons (Fsp3) is 0.889. The highest BCUT2D eigenvalue weighted by Crippen LogP contribution is 2.11. The zero-order valence-electron chi connectivity index (χ0n) is 9.68. The Morgan fingerprint density at radius 3 is 2.65 bits per heavy atom. The number of aliphatic hydroxyl groups is 1. The first kappa shape index (κ1) is 14.2. The molecule has 1 saturated heterocycles. The largest absolute Gasteiger partial charge is 0.450 e. The van der Waals surface area contributed by atoms with Crippen LogP contribution >= 0.6 is 0 Å². The lowest BCUT2D eigenvalue weighted by atomic mass is 10.2. The van der Waals surface area contributed by atoms with Crippen LogP contribution in [-0.2, 0) is 14.6 Å². The second-order valence-corrected chi connectivity index (χ2v) is 6.01. The van der Waals surface area contributed by atoms with E-state index in [1.54, 1.807) is 6.92 Å². The quantitative estimate of drug-likeness (QED) is 0.522. The molecule has 1 aliphatic rings. The lowest BCUT2D eigenvalue weighted by molar-refractivity contribution is 0.150. The summed E-state index contributed by atoms with van der Waals surface area (Å²) < 4.78 is 27.0. The van der Waals surface area contributed by atoms with E-state index in [1.165, 1.54) is 0 Å². The van der Waals surface area contributed by atoms with Crippen LogP contribution in [0.15, 0.2) is 0 Å². The number of rotatable bonds is 5. The van der Waals surface area contributed by atoms with E-state index in [1.807, 2.05) is 0 Å². The highest BCUT2D eigenvalue weighted by molar-refractivity contribution is 7.91. The molecule has 0 saturated carbocycles. The Hall–Kier alpha value is -0.860. The van der Waals surface area contributed by atoms with Crippen molar-refractivity contribution in [3.63, 3.8) is 0 Å². The molecule has 1 aliphatic heterocycles. The number of hydrogen-bond donors (Lipinski definition) is 3. The van der Waals surface area contributed by atoms with Gasteiger partial charge in [0.2, 0.25) is 0 Å². The number of alkyl carbamates (subject to hydrolysis) is 1. The predicted molar refractivity (Wildman–Crippen MR) is 61.5 cm³/mol. The van der Waals surface area contributed by atoms with Gasteiger partial charge in [0.1, 0.15) is 0 Å². The fourth-order valence-electron chi connectivity index (χ4n) is 1.63. The Bertz CT molecular complexity index is 356.